The summed E-state index contributed by atoms with van der Waals surface area (Å²) in [6.07, 6.45) is 0. The van der Waals surface area contributed by atoms with Crippen molar-refractivity contribution in [2.45, 2.75) is 39.5 Å². The quantitative estimate of drug-likeness (QED) is 0.420. The third kappa shape index (κ3) is 5.03. The minimum atomic E-state index is -0.683. The molecule has 0 bridgehead atoms. The third-order valence-electron chi connectivity index (χ3n) is 3.87. The number of carbonyl (C=O) groups is 2. The summed E-state index contributed by atoms with van der Waals surface area (Å²) in [5, 5.41) is 19.0. The number of aliphatic hydroxyl groups excluding tert-OH is 2. The molecule has 2 atom stereocenters. The highest BCUT2D eigenvalue weighted by Gasteiger charge is 2.26. The Labute approximate surface area is 153 Å². The summed E-state index contributed by atoms with van der Waals surface area (Å²) >= 11 is 0. The number of ether oxygens (including phenoxy) is 2. The zero-order valence-corrected chi connectivity index (χ0v) is 15.7. The number of carbonyl (C=O) groups excluding carboxylic acids is 2. The summed E-state index contributed by atoms with van der Waals surface area (Å²) in [6, 6.07) is 3.36. The van der Waals surface area contributed by atoms with Gasteiger partial charge in [0.1, 0.15) is 0 Å². The first-order valence-electron chi connectivity index (χ1n) is 8.27. The van der Waals surface area contributed by atoms with Crippen molar-refractivity contribution in [3.63, 3.8) is 0 Å². The van der Waals surface area contributed by atoms with E-state index in [1.165, 1.54) is 13.8 Å². The fourth-order valence-electron chi connectivity index (χ4n) is 2.14. The van der Waals surface area contributed by atoms with Gasteiger partial charge >= 0.3 is 11.9 Å². The third-order valence-corrected chi connectivity index (χ3v) is 3.87. The van der Waals surface area contributed by atoms with Gasteiger partial charge in [0.15, 0.2) is 11.5 Å². The fraction of sp³-hybridized carbons (Fsp3) is 0.400. The summed E-state index contributed by atoms with van der Waals surface area (Å²) < 4.78 is 10.9. The molecular weight excluding hydrogens is 336 g/mol. The van der Waals surface area contributed by atoms with Crippen LogP contribution in [0.15, 0.2) is 36.4 Å². The van der Waals surface area contributed by atoms with Gasteiger partial charge in [-0.1, -0.05) is 39.1 Å². The van der Waals surface area contributed by atoms with Gasteiger partial charge in [-0.25, -0.2) is 9.59 Å². The highest BCUT2D eigenvalue weighted by molar-refractivity contribution is 5.91. The molecule has 0 saturated carbocycles. The van der Waals surface area contributed by atoms with Crippen LogP contribution in [-0.4, -0.2) is 35.4 Å². The molecule has 0 amide bonds. The minimum Gasteiger partial charge on any atom is -0.419 e. The Hall–Kier alpha value is -2.44. The highest BCUT2D eigenvalue weighted by atomic mass is 16.6. The molecule has 0 aliphatic rings. The van der Waals surface area contributed by atoms with Crippen molar-refractivity contribution < 1.29 is 29.3 Å². The molecule has 0 spiro atoms. The number of aliphatic hydroxyl groups is 2. The van der Waals surface area contributed by atoms with E-state index in [2.05, 4.69) is 13.2 Å². The average Bonchev–Trinajstić information content (AvgIpc) is 2.60. The first kappa shape index (κ1) is 21.6. The van der Waals surface area contributed by atoms with E-state index in [9.17, 15) is 19.8 Å². The van der Waals surface area contributed by atoms with Crippen molar-refractivity contribution >= 4 is 11.9 Å². The Bertz CT molecular complexity index is 658. The second kappa shape index (κ2) is 9.31. The molecule has 0 saturated heterocycles. The van der Waals surface area contributed by atoms with Gasteiger partial charge in [0.2, 0.25) is 0 Å². The normalized spacial score (nSPS) is 12.8. The lowest BCUT2D eigenvalue weighted by atomic mass is 9.93. The average molecular weight is 362 g/mol. The summed E-state index contributed by atoms with van der Waals surface area (Å²) in [5.41, 5.74) is 1.34. The number of benzene rings is 1. The molecule has 1 aromatic carbocycles. The lowest BCUT2D eigenvalue weighted by Gasteiger charge is -2.22. The lowest BCUT2D eigenvalue weighted by molar-refractivity contribution is -0.132. The van der Waals surface area contributed by atoms with Gasteiger partial charge in [-0.2, -0.15) is 0 Å². The molecule has 26 heavy (non-hydrogen) atoms. The van der Waals surface area contributed by atoms with Crippen LogP contribution in [0.3, 0.4) is 0 Å². The molecule has 0 aliphatic carbocycles. The zero-order valence-electron chi connectivity index (χ0n) is 15.7. The molecule has 1 aromatic rings. The van der Waals surface area contributed by atoms with Crippen LogP contribution in [0.2, 0.25) is 0 Å². The van der Waals surface area contributed by atoms with E-state index in [0.717, 1.165) is 0 Å². The molecule has 0 aromatic heterocycles. The SMILES string of the molecule is C=C(C)C(=O)Oc1c(C(C)CO)ccc(C(C)CO)c1OC(=O)C(=C)C. The summed E-state index contributed by atoms with van der Waals surface area (Å²) in [6.45, 7) is 13.2. The smallest absolute Gasteiger partial charge is 0.338 e. The number of hydrogen-bond acceptors (Lipinski definition) is 6. The van der Waals surface area contributed by atoms with E-state index >= 15 is 0 Å². The molecule has 0 fully saturated rings. The van der Waals surface area contributed by atoms with Crippen LogP contribution in [0.1, 0.15) is 50.7 Å². The molecule has 1 rings (SSSR count). The second-order valence-electron chi connectivity index (χ2n) is 6.41. The van der Waals surface area contributed by atoms with Crippen LogP contribution >= 0.6 is 0 Å². The van der Waals surface area contributed by atoms with Crippen molar-refractivity contribution in [1.29, 1.82) is 0 Å². The van der Waals surface area contributed by atoms with E-state index in [4.69, 9.17) is 9.47 Å². The predicted octanol–water partition coefficient (Wildman–Crippen LogP) is 2.84. The Kier molecular flexibility index (Phi) is 7.74. The first-order valence-corrected chi connectivity index (χ1v) is 8.27. The summed E-state index contributed by atoms with van der Waals surface area (Å²) in [5.74, 6) is -2.04. The maximum absolute atomic E-state index is 12.1. The van der Waals surface area contributed by atoms with Crippen LogP contribution in [0.5, 0.6) is 11.5 Å². The Morgan fingerprint density at radius 3 is 1.42 bits per heavy atom. The maximum atomic E-state index is 12.1. The Morgan fingerprint density at radius 2 is 1.19 bits per heavy atom. The largest absolute Gasteiger partial charge is 0.419 e. The lowest BCUT2D eigenvalue weighted by Crippen LogP contribution is -2.17. The van der Waals surface area contributed by atoms with Gasteiger partial charge in [-0.15, -0.1) is 0 Å². The second-order valence-corrected chi connectivity index (χ2v) is 6.41. The predicted molar refractivity (Wildman–Crippen MR) is 98.3 cm³/mol. The highest BCUT2D eigenvalue weighted by Crippen LogP contribution is 2.42. The summed E-state index contributed by atoms with van der Waals surface area (Å²) in [4.78, 5) is 24.2. The summed E-state index contributed by atoms with van der Waals surface area (Å²) in [7, 11) is 0. The Morgan fingerprint density at radius 1 is 0.885 bits per heavy atom. The molecule has 0 heterocycles. The van der Waals surface area contributed by atoms with Crippen LogP contribution in [0, 0.1) is 0 Å². The van der Waals surface area contributed by atoms with Crippen molar-refractivity contribution in [1.82, 2.24) is 0 Å². The van der Waals surface area contributed by atoms with Crippen molar-refractivity contribution in [3.8, 4) is 11.5 Å². The van der Waals surface area contributed by atoms with Crippen LogP contribution < -0.4 is 9.47 Å². The van der Waals surface area contributed by atoms with E-state index in [0.29, 0.717) is 11.1 Å². The molecule has 0 aliphatic heterocycles. The molecule has 0 radical (unpaired) electrons. The van der Waals surface area contributed by atoms with Gasteiger partial charge in [0.25, 0.3) is 0 Å². The molecule has 2 unspecified atom stereocenters. The van der Waals surface area contributed by atoms with Gasteiger partial charge in [-0.3, -0.25) is 0 Å². The van der Waals surface area contributed by atoms with E-state index in [1.54, 1.807) is 26.0 Å². The number of esters is 2. The molecular formula is C20H26O6. The topological polar surface area (TPSA) is 93.1 Å². The van der Waals surface area contributed by atoms with Crippen molar-refractivity contribution in [2.24, 2.45) is 0 Å². The molecule has 2 N–H and O–H groups in total. The van der Waals surface area contributed by atoms with Gasteiger partial charge in [-0.05, 0) is 13.8 Å². The fourth-order valence-corrected chi connectivity index (χ4v) is 2.14. The first-order chi connectivity index (χ1) is 12.1. The van der Waals surface area contributed by atoms with Crippen molar-refractivity contribution in [2.75, 3.05) is 13.2 Å². The van der Waals surface area contributed by atoms with Gasteiger partial charge in [0, 0.05) is 47.3 Å². The minimum absolute atomic E-state index is 0.0342. The zero-order chi connectivity index (χ0) is 20.0. The number of hydrogen-bond donors (Lipinski definition) is 2. The van der Waals surface area contributed by atoms with Gasteiger partial charge < -0.3 is 19.7 Å². The number of rotatable bonds is 8. The molecule has 6 heteroatoms. The van der Waals surface area contributed by atoms with E-state index < -0.39 is 11.9 Å². The maximum Gasteiger partial charge on any atom is 0.338 e. The van der Waals surface area contributed by atoms with E-state index in [-0.39, 0.29) is 47.7 Å². The van der Waals surface area contributed by atoms with Crippen LogP contribution in [0.4, 0.5) is 0 Å². The van der Waals surface area contributed by atoms with Crippen molar-refractivity contribution in [3.05, 3.63) is 47.6 Å². The molecule has 6 nitrogen and oxygen atoms in total. The molecule has 142 valence electrons. The van der Waals surface area contributed by atoms with E-state index in [1.807, 2.05) is 0 Å². The van der Waals surface area contributed by atoms with Crippen LogP contribution in [0.25, 0.3) is 0 Å². The standard InChI is InChI=1S/C20H26O6/c1-11(2)19(23)25-17-15(13(5)9-21)7-8-16(14(6)10-22)18(17)26-20(24)12(3)4/h7-8,13-14,21-22H,1,3,9-10H2,2,4-6H3. The van der Waals surface area contributed by atoms with Gasteiger partial charge in [0.05, 0.1) is 0 Å². The monoisotopic (exact) mass is 362 g/mol. The van der Waals surface area contributed by atoms with Crippen LogP contribution in [-0.2, 0) is 9.59 Å². The Balaban J connectivity index is 3.66.